The van der Waals surface area contributed by atoms with E-state index in [1.807, 2.05) is 0 Å². The summed E-state index contributed by atoms with van der Waals surface area (Å²) in [6, 6.07) is 0.430. The Morgan fingerprint density at radius 1 is 0.700 bits per heavy atom. The van der Waals surface area contributed by atoms with Gasteiger partial charge >= 0.3 is 0 Å². The molecular weight excluding hydrogens is 250 g/mol. The van der Waals surface area contributed by atoms with Gasteiger partial charge in [0, 0.05) is 19.1 Å². The molecule has 20 heavy (non-hydrogen) atoms. The number of rotatable bonds is 3. The Bertz CT molecular complexity index is 283. The number of hydrogen-bond donors (Lipinski definition) is 1. The van der Waals surface area contributed by atoms with Gasteiger partial charge in [-0.25, -0.2) is 0 Å². The van der Waals surface area contributed by atoms with Gasteiger partial charge in [0.1, 0.15) is 0 Å². The molecule has 116 valence electrons. The molecule has 2 aliphatic carbocycles. The molecule has 0 bridgehead atoms. The van der Waals surface area contributed by atoms with Crippen molar-refractivity contribution in [3.8, 4) is 0 Å². The number of piperidine rings is 1. The van der Waals surface area contributed by atoms with Crippen molar-refractivity contribution in [2.75, 3.05) is 13.1 Å². The molecule has 1 heterocycles. The fourth-order valence-electron chi connectivity index (χ4n) is 4.33. The van der Waals surface area contributed by atoms with Crippen molar-refractivity contribution in [3.05, 3.63) is 0 Å². The van der Waals surface area contributed by atoms with Crippen molar-refractivity contribution in [2.45, 2.75) is 95.0 Å². The smallest absolute Gasteiger partial charge is 0.0695 e. The molecule has 0 radical (unpaired) electrons. The van der Waals surface area contributed by atoms with Gasteiger partial charge in [-0.3, -0.25) is 4.90 Å². The SMILES string of the molecule is OC1CCCCC1N1CCC(OC2CCCCC2)CC1. The molecule has 0 aromatic rings. The molecule has 0 aromatic carbocycles. The van der Waals surface area contributed by atoms with Crippen LogP contribution in [0, 0.1) is 0 Å². The lowest BCUT2D eigenvalue weighted by Crippen LogP contribution is -2.50. The van der Waals surface area contributed by atoms with E-state index in [9.17, 15) is 5.11 Å². The molecule has 0 spiro atoms. The minimum Gasteiger partial charge on any atom is -0.391 e. The van der Waals surface area contributed by atoms with Crippen LogP contribution in [0.2, 0.25) is 0 Å². The monoisotopic (exact) mass is 281 g/mol. The zero-order chi connectivity index (χ0) is 13.8. The van der Waals surface area contributed by atoms with Crippen molar-refractivity contribution in [3.63, 3.8) is 0 Å². The Morgan fingerprint density at radius 3 is 2.00 bits per heavy atom. The summed E-state index contributed by atoms with van der Waals surface area (Å²) in [5.41, 5.74) is 0. The molecule has 0 amide bonds. The molecule has 3 heteroatoms. The van der Waals surface area contributed by atoms with E-state index in [4.69, 9.17) is 4.74 Å². The van der Waals surface area contributed by atoms with E-state index < -0.39 is 0 Å². The van der Waals surface area contributed by atoms with Gasteiger partial charge in [-0.05, 0) is 38.5 Å². The molecule has 3 nitrogen and oxygen atoms in total. The maximum atomic E-state index is 10.2. The number of aliphatic hydroxyl groups excluding tert-OH is 1. The van der Waals surface area contributed by atoms with Crippen LogP contribution in [0.1, 0.15) is 70.6 Å². The van der Waals surface area contributed by atoms with Gasteiger partial charge in [0.05, 0.1) is 18.3 Å². The van der Waals surface area contributed by atoms with Crippen molar-refractivity contribution in [1.82, 2.24) is 4.90 Å². The second-order valence-electron chi connectivity index (χ2n) is 7.05. The molecule has 3 rings (SSSR count). The largest absolute Gasteiger partial charge is 0.391 e. The van der Waals surface area contributed by atoms with Crippen LogP contribution in [0.25, 0.3) is 0 Å². The van der Waals surface area contributed by atoms with Crippen LogP contribution >= 0.6 is 0 Å². The topological polar surface area (TPSA) is 32.7 Å². The molecule has 3 fully saturated rings. The quantitative estimate of drug-likeness (QED) is 0.863. The van der Waals surface area contributed by atoms with Gasteiger partial charge in [-0.2, -0.15) is 0 Å². The molecule has 1 aliphatic heterocycles. The van der Waals surface area contributed by atoms with Crippen LogP contribution in [-0.4, -0.2) is 47.4 Å². The van der Waals surface area contributed by atoms with Gasteiger partial charge in [-0.15, -0.1) is 0 Å². The van der Waals surface area contributed by atoms with E-state index in [2.05, 4.69) is 4.90 Å². The highest BCUT2D eigenvalue weighted by molar-refractivity contribution is 4.86. The Labute approximate surface area is 123 Å². The zero-order valence-electron chi connectivity index (χ0n) is 12.8. The van der Waals surface area contributed by atoms with Crippen LogP contribution in [0.4, 0.5) is 0 Å². The maximum absolute atomic E-state index is 10.2. The minimum atomic E-state index is -0.0837. The van der Waals surface area contributed by atoms with E-state index in [1.165, 1.54) is 64.2 Å². The maximum Gasteiger partial charge on any atom is 0.0695 e. The van der Waals surface area contributed by atoms with Gasteiger partial charge in [0.25, 0.3) is 0 Å². The van der Waals surface area contributed by atoms with Crippen LogP contribution in [0.15, 0.2) is 0 Å². The first kappa shape index (κ1) is 14.8. The molecule has 1 saturated heterocycles. The highest BCUT2D eigenvalue weighted by Gasteiger charge is 2.32. The summed E-state index contributed by atoms with van der Waals surface area (Å²) < 4.78 is 6.31. The summed E-state index contributed by atoms with van der Waals surface area (Å²) in [5, 5.41) is 10.2. The second-order valence-corrected chi connectivity index (χ2v) is 7.05. The Morgan fingerprint density at radius 2 is 1.30 bits per heavy atom. The average molecular weight is 281 g/mol. The van der Waals surface area contributed by atoms with E-state index in [0.717, 1.165) is 19.5 Å². The molecule has 2 saturated carbocycles. The highest BCUT2D eigenvalue weighted by atomic mass is 16.5. The summed E-state index contributed by atoms with van der Waals surface area (Å²) in [5.74, 6) is 0. The van der Waals surface area contributed by atoms with E-state index >= 15 is 0 Å². The predicted molar refractivity (Wildman–Crippen MR) is 80.8 cm³/mol. The Balaban J connectivity index is 1.42. The second kappa shape index (κ2) is 7.24. The molecule has 1 N–H and O–H groups in total. The third-order valence-electron chi connectivity index (χ3n) is 5.58. The van der Waals surface area contributed by atoms with Gasteiger partial charge in [0.15, 0.2) is 0 Å². The highest BCUT2D eigenvalue weighted by Crippen LogP contribution is 2.28. The summed E-state index contributed by atoms with van der Waals surface area (Å²) in [7, 11) is 0. The Hall–Kier alpha value is -0.120. The predicted octanol–water partition coefficient (Wildman–Crippen LogP) is 3.10. The zero-order valence-corrected chi connectivity index (χ0v) is 12.8. The van der Waals surface area contributed by atoms with E-state index in [-0.39, 0.29) is 6.10 Å². The molecule has 3 aliphatic rings. The number of likely N-dealkylation sites (tertiary alicyclic amines) is 1. The van der Waals surface area contributed by atoms with Gasteiger partial charge in [0.2, 0.25) is 0 Å². The number of hydrogen-bond acceptors (Lipinski definition) is 3. The van der Waals surface area contributed by atoms with Crippen LogP contribution < -0.4 is 0 Å². The van der Waals surface area contributed by atoms with Crippen molar-refractivity contribution in [2.24, 2.45) is 0 Å². The van der Waals surface area contributed by atoms with Crippen molar-refractivity contribution < 1.29 is 9.84 Å². The molecular formula is C17H31NO2. The number of aliphatic hydroxyl groups is 1. The number of ether oxygens (including phenoxy) is 1. The first-order valence-electron chi connectivity index (χ1n) is 8.90. The summed E-state index contributed by atoms with van der Waals surface area (Å²) in [6.07, 6.45) is 14.6. The van der Waals surface area contributed by atoms with Crippen molar-refractivity contribution in [1.29, 1.82) is 0 Å². The lowest BCUT2D eigenvalue weighted by molar-refractivity contribution is -0.0719. The van der Waals surface area contributed by atoms with Crippen LogP contribution in [0.5, 0.6) is 0 Å². The normalized spacial score (nSPS) is 35.2. The van der Waals surface area contributed by atoms with E-state index in [1.54, 1.807) is 0 Å². The lowest BCUT2D eigenvalue weighted by Gasteiger charge is -2.42. The summed E-state index contributed by atoms with van der Waals surface area (Å²) in [4.78, 5) is 2.53. The average Bonchev–Trinajstić information content (AvgIpc) is 2.50. The lowest BCUT2D eigenvalue weighted by atomic mass is 9.90. The van der Waals surface area contributed by atoms with Crippen LogP contribution in [0.3, 0.4) is 0 Å². The Kier molecular flexibility index (Phi) is 5.36. The fourth-order valence-corrected chi connectivity index (χ4v) is 4.33. The van der Waals surface area contributed by atoms with Crippen LogP contribution in [-0.2, 0) is 4.74 Å². The summed E-state index contributed by atoms with van der Waals surface area (Å²) in [6.45, 7) is 2.25. The van der Waals surface area contributed by atoms with E-state index in [0.29, 0.717) is 18.2 Å². The van der Waals surface area contributed by atoms with Gasteiger partial charge < -0.3 is 9.84 Å². The van der Waals surface area contributed by atoms with Crippen molar-refractivity contribution >= 4 is 0 Å². The molecule has 2 unspecified atom stereocenters. The first-order chi connectivity index (χ1) is 9.83. The standard InChI is InChI=1S/C17H31NO2/c19-17-9-5-4-8-16(17)18-12-10-15(11-13-18)20-14-6-2-1-3-7-14/h14-17,19H,1-13H2. The summed E-state index contributed by atoms with van der Waals surface area (Å²) >= 11 is 0. The number of nitrogens with zero attached hydrogens (tertiary/aromatic N) is 1. The first-order valence-corrected chi connectivity index (χ1v) is 8.90. The minimum absolute atomic E-state index is 0.0837. The van der Waals surface area contributed by atoms with Gasteiger partial charge in [-0.1, -0.05) is 32.1 Å². The third kappa shape index (κ3) is 3.75. The molecule has 0 aromatic heterocycles. The fraction of sp³-hybridized carbons (Fsp3) is 1.00. The third-order valence-corrected chi connectivity index (χ3v) is 5.58. The molecule has 2 atom stereocenters.